The second kappa shape index (κ2) is 8.07. The van der Waals surface area contributed by atoms with E-state index >= 15 is 0 Å². The van der Waals surface area contributed by atoms with E-state index in [2.05, 4.69) is 44.0 Å². The fraction of sp³-hybridized carbons (Fsp3) is 0.308. The first-order chi connectivity index (χ1) is 16.2. The Bertz CT molecular complexity index is 1320. The number of allylic oxidation sites excluding steroid dienone is 4. The van der Waals surface area contributed by atoms with E-state index in [1.54, 1.807) is 0 Å². The van der Waals surface area contributed by atoms with E-state index in [4.69, 9.17) is 4.74 Å². The topological polar surface area (TPSA) is 86.3 Å². The zero-order chi connectivity index (χ0) is 22.4. The largest absolute Gasteiger partial charge is 0.460 e. The smallest absolute Gasteiger partial charge is 0.142 e. The van der Waals surface area contributed by atoms with Crippen molar-refractivity contribution in [2.75, 3.05) is 11.4 Å². The third kappa shape index (κ3) is 3.58. The first-order valence-electron chi connectivity index (χ1n) is 11.4. The van der Waals surface area contributed by atoms with Crippen molar-refractivity contribution in [2.45, 2.75) is 38.2 Å². The number of aliphatic hydroxyl groups excluding tert-OH is 1. The van der Waals surface area contributed by atoms with Crippen LogP contribution in [0.2, 0.25) is 0 Å². The third-order valence-corrected chi connectivity index (χ3v) is 6.88. The van der Waals surface area contributed by atoms with Crippen LogP contribution in [-0.2, 0) is 13.1 Å². The predicted molar refractivity (Wildman–Crippen MR) is 125 cm³/mol. The van der Waals surface area contributed by atoms with E-state index in [1.165, 1.54) is 0 Å². The van der Waals surface area contributed by atoms with Crippen molar-refractivity contribution in [1.82, 2.24) is 14.9 Å². The summed E-state index contributed by atoms with van der Waals surface area (Å²) in [6.07, 6.45) is 8.64. The van der Waals surface area contributed by atoms with Gasteiger partial charge < -0.3 is 24.6 Å². The van der Waals surface area contributed by atoms with Crippen molar-refractivity contribution >= 4 is 16.5 Å². The van der Waals surface area contributed by atoms with Crippen LogP contribution in [0.1, 0.15) is 18.5 Å². The lowest BCUT2D eigenvalue weighted by Gasteiger charge is -2.27. The molecule has 1 saturated heterocycles. The minimum atomic E-state index is -0.628. The fourth-order valence-electron chi connectivity index (χ4n) is 5.06. The third-order valence-electron chi connectivity index (χ3n) is 6.88. The van der Waals surface area contributed by atoms with Gasteiger partial charge in [0.2, 0.25) is 0 Å². The number of imidazole rings is 1. The molecule has 0 saturated carbocycles. The average molecular weight is 440 g/mol. The predicted octanol–water partition coefficient (Wildman–Crippen LogP) is 3.47. The summed E-state index contributed by atoms with van der Waals surface area (Å²) in [7, 11) is 0. The fourth-order valence-corrected chi connectivity index (χ4v) is 5.06. The SMILES string of the molecule is N#CC1CC=C2C=C1Oc1ccc3cccc(c3c1)N1CCC(NCc3cncn3C2)C1O. The van der Waals surface area contributed by atoms with Crippen molar-refractivity contribution in [3.8, 4) is 11.8 Å². The van der Waals surface area contributed by atoms with Gasteiger partial charge >= 0.3 is 0 Å². The van der Waals surface area contributed by atoms with Gasteiger partial charge in [-0.2, -0.15) is 5.26 Å². The van der Waals surface area contributed by atoms with Crippen LogP contribution in [0.4, 0.5) is 5.69 Å². The molecule has 2 aliphatic heterocycles. The summed E-state index contributed by atoms with van der Waals surface area (Å²) < 4.78 is 8.41. The minimum absolute atomic E-state index is 0.0345. The molecule has 166 valence electrons. The van der Waals surface area contributed by atoms with Gasteiger partial charge in [-0.05, 0) is 48.1 Å². The number of hydrogen-bond donors (Lipinski definition) is 2. The van der Waals surface area contributed by atoms with Crippen LogP contribution >= 0.6 is 0 Å². The molecule has 6 bridgehead atoms. The number of anilines is 1. The van der Waals surface area contributed by atoms with Crippen LogP contribution in [0.5, 0.6) is 5.75 Å². The van der Waals surface area contributed by atoms with Crippen molar-refractivity contribution in [1.29, 1.82) is 5.26 Å². The summed E-state index contributed by atoms with van der Waals surface area (Å²) in [5.41, 5.74) is 3.14. The summed E-state index contributed by atoms with van der Waals surface area (Å²) >= 11 is 0. The number of fused-ring (bicyclic) bond motifs is 6. The highest BCUT2D eigenvalue weighted by Gasteiger charge is 2.33. The van der Waals surface area contributed by atoms with Crippen LogP contribution in [0, 0.1) is 17.2 Å². The van der Waals surface area contributed by atoms with E-state index < -0.39 is 6.23 Å². The van der Waals surface area contributed by atoms with Crippen LogP contribution in [0.3, 0.4) is 0 Å². The molecular weight excluding hydrogens is 414 g/mol. The molecule has 1 fully saturated rings. The number of nitriles is 1. The molecular formula is C26H25N5O2. The Morgan fingerprint density at radius 3 is 3.09 bits per heavy atom. The first-order valence-corrected chi connectivity index (χ1v) is 11.4. The Kier molecular flexibility index (Phi) is 4.90. The first kappa shape index (κ1) is 20.0. The van der Waals surface area contributed by atoms with Crippen LogP contribution < -0.4 is 15.0 Å². The molecule has 1 aromatic heterocycles. The zero-order valence-electron chi connectivity index (χ0n) is 18.2. The van der Waals surface area contributed by atoms with E-state index in [9.17, 15) is 10.4 Å². The van der Waals surface area contributed by atoms with Gasteiger partial charge in [-0.3, -0.25) is 0 Å². The zero-order valence-corrected chi connectivity index (χ0v) is 18.2. The van der Waals surface area contributed by atoms with Gasteiger partial charge in [0.1, 0.15) is 23.7 Å². The van der Waals surface area contributed by atoms with E-state index in [1.807, 2.05) is 42.9 Å². The van der Waals surface area contributed by atoms with Crippen molar-refractivity contribution < 1.29 is 9.84 Å². The van der Waals surface area contributed by atoms with Gasteiger partial charge in [0, 0.05) is 36.9 Å². The molecule has 6 rings (SSSR count). The summed E-state index contributed by atoms with van der Waals surface area (Å²) in [6, 6.07) is 14.5. The normalized spacial score (nSPS) is 24.6. The van der Waals surface area contributed by atoms with Crippen LogP contribution in [0.25, 0.3) is 10.8 Å². The number of benzene rings is 2. The molecule has 3 unspecified atom stereocenters. The average Bonchev–Trinajstić information content (AvgIpc) is 3.43. The maximum Gasteiger partial charge on any atom is 0.142 e. The number of aromatic nitrogens is 2. The van der Waals surface area contributed by atoms with E-state index in [-0.39, 0.29) is 12.0 Å². The second-order valence-electron chi connectivity index (χ2n) is 8.90. The number of rotatable bonds is 0. The highest BCUT2D eigenvalue weighted by Crippen LogP contribution is 2.35. The Morgan fingerprint density at radius 1 is 1.24 bits per heavy atom. The van der Waals surface area contributed by atoms with E-state index in [0.29, 0.717) is 31.0 Å². The lowest BCUT2D eigenvalue weighted by molar-refractivity contribution is 0.150. The Morgan fingerprint density at radius 2 is 2.18 bits per heavy atom. The van der Waals surface area contributed by atoms with E-state index in [0.717, 1.165) is 40.7 Å². The standard InChI is InChI=1S/C26H25N5O2/c27-12-19-5-4-17-10-25(19)33-21-7-6-18-2-1-3-24(22(18)11-21)31-9-8-23(26(31)32)29-14-20-13-28-16-30(20)15-17/h1-4,6-7,10-11,13,16,19,23,26,29,32H,5,8-9,14-15H2. The van der Waals surface area contributed by atoms with Crippen molar-refractivity contribution in [3.63, 3.8) is 0 Å². The molecule has 3 aromatic rings. The summed E-state index contributed by atoms with van der Waals surface area (Å²) in [5, 5.41) is 26.5. The number of nitrogens with one attached hydrogen (secondary N) is 1. The molecule has 0 radical (unpaired) electrons. The van der Waals surface area contributed by atoms with Gasteiger partial charge in [0.25, 0.3) is 0 Å². The number of ether oxygens (including phenoxy) is 1. The van der Waals surface area contributed by atoms with Gasteiger partial charge in [-0.1, -0.05) is 24.3 Å². The number of hydrogen-bond acceptors (Lipinski definition) is 6. The monoisotopic (exact) mass is 439 g/mol. The maximum atomic E-state index is 11.2. The van der Waals surface area contributed by atoms with Gasteiger partial charge in [-0.25, -0.2) is 4.98 Å². The number of aliphatic hydroxyl groups is 1. The molecule has 1 aliphatic carbocycles. The molecule has 3 aliphatic rings. The molecule has 2 N–H and O–H groups in total. The van der Waals surface area contributed by atoms with Gasteiger partial charge in [-0.15, -0.1) is 0 Å². The van der Waals surface area contributed by atoms with Crippen molar-refractivity contribution in [2.24, 2.45) is 5.92 Å². The highest BCUT2D eigenvalue weighted by molar-refractivity contribution is 5.95. The summed E-state index contributed by atoms with van der Waals surface area (Å²) in [6.45, 7) is 2.04. The number of nitrogens with zero attached hydrogens (tertiary/aromatic N) is 4. The molecule has 33 heavy (non-hydrogen) atoms. The lowest BCUT2D eigenvalue weighted by Crippen LogP contribution is -2.42. The molecule has 7 heteroatoms. The lowest BCUT2D eigenvalue weighted by atomic mass is 9.95. The Balaban J connectivity index is 1.47. The Hall–Kier alpha value is -3.60. The van der Waals surface area contributed by atoms with Crippen LogP contribution in [-0.4, -0.2) is 33.5 Å². The molecule has 2 aromatic carbocycles. The second-order valence-corrected chi connectivity index (χ2v) is 8.90. The molecule has 3 atom stereocenters. The maximum absolute atomic E-state index is 11.2. The van der Waals surface area contributed by atoms with Crippen LogP contribution in [0.15, 0.2) is 72.4 Å². The highest BCUT2D eigenvalue weighted by atomic mass is 16.5. The quantitative estimate of drug-likeness (QED) is 0.558. The minimum Gasteiger partial charge on any atom is -0.460 e. The summed E-state index contributed by atoms with van der Waals surface area (Å²) in [4.78, 5) is 6.40. The molecule has 0 spiro atoms. The molecule has 0 amide bonds. The van der Waals surface area contributed by atoms with Gasteiger partial charge in [0.05, 0.1) is 24.1 Å². The van der Waals surface area contributed by atoms with Gasteiger partial charge in [0.15, 0.2) is 0 Å². The summed E-state index contributed by atoms with van der Waals surface area (Å²) in [5.74, 6) is 1.05. The molecule has 7 nitrogen and oxygen atoms in total. The Labute approximate surface area is 192 Å². The van der Waals surface area contributed by atoms with Crippen molar-refractivity contribution in [3.05, 3.63) is 78.1 Å². The molecule has 3 heterocycles.